The van der Waals surface area contributed by atoms with Gasteiger partial charge < -0.3 is 5.11 Å². The highest BCUT2D eigenvalue weighted by Crippen LogP contribution is 2.26. The number of aromatic nitrogens is 3. The Morgan fingerprint density at radius 1 is 1.56 bits per heavy atom. The lowest BCUT2D eigenvalue weighted by Crippen LogP contribution is -1.97. The molecule has 2 aromatic rings. The number of halogens is 1. The van der Waals surface area contributed by atoms with E-state index in [1.54, 1.807) is 34.6 Å². The van der Waals surface area contributed by atoms with E-state index in [-0.39, 0.29) is 5.56 Å². The van der Waals surface area contributed by atoms with Gasteiger partial charge in [0.1, 0.15) is 6.33 Å². The van der Waals surface area contributed by atoms with E-state index in [1.165, 1.54) is 6.33 Å². The molecule has 1 heterocycles. The number of benzene rings is 1. The number of nitrogens with zero attached hydrogens (tertiary/aromatic N) is 3. The van der Waals surface area contributed by atoms with Gasteiger partial charge in [0.05, 0.1) is 5.56 Å². The van der Waals surface area contributed by atoms with Crippen LogP contribution in [0.2, 0.25) is 0 Å². The first-order valence-electron chi connectivity index (χ1n) is 5.06. The van der Waals surface area contributed by atoms with Crippen LogP contribution in [0, 0.1) is 0 Å². The van der Waals surface area contributed by atoms with Gasteiger partial charge in [-0.25, -0.2) is 14.5 Å². The molecule has 0 aliphatic rings. The zero-order valence-corrected chi connectivity index (χ0v) is 11.9. The Balaban J connectivity index is 2.11. The van der Waals surface area contributed by atoms with Crippen molar-refractivity contribution in [3.05, 3.63) is 40.1 Å². The third-order valence-corrected chi connectivity index (χ3v) is 4.15. The Bertz CT molecular complexity index is 585. The van der Waals surface area contributed by atoms with Crippen molar-refractivity contribution >= 4 is 33.7 Å². The van der Waals surface area contributed by atoms with Crippen molar-refractivity contribution in [2.45, 2.75) is 10.9 Å². The molecule has 1 aromatic carbocycles. The second-order valence-electron chi connectivity index (χ2n) is 3.57. The highest BCUT2D eigenvalue weighted by atomic mass is 79.9. The highest BCUT2D eigenvalue weighted by molar-refractivity contribution is 9.10. The number of carboxylic acids is 1. The Kier molecular flexibility index (Phi) is 4.03. The van der Waals surface area contributed by atoms with Gasteiger partial charge in [-0.3, -0.25) is 0 Å². The van der Waals surface area contributed by atoms with E-state index < -0.39 is 5.97 Å². The summed E-state index contributed by atoms with van der Waals surface area (Å²) in [5, 5.41) is 13.7. The molecule has 18 heavy (non-hydrogen) atoms. The van der Waals surface area contributed by atoms with Gasteiger partial charge in [0.2, 0.25) is 0 Å². The molecule has 0 fully saturated rings. The van der Waals surface area contributed by atoms with Crippen molar-refractivity contribution in [1.82, 2.24) is 14.8 Å². The quantitative estimate of drug-likeness (QED) is 0.874. The molecule has 0 spiro atoms. The van der Waals surface area contributed by atoms with Gasteiger partial charge in [0, 0.05) is 17.3 Å². The van der Waals surface area contributed by atoms with Crippen LogP contribution in [0.4, 0.5) is 0 Å². The lowest BCUT2D eigenvalue weighted by atomic mass is 10.1. The summed E-state index contributed by atoms with van der Waals surface area (Å²) in [7, 11) is 1.83. The summed E-state index contributed by atoms with van der Waals surface area (Å²) in [5.74, 6) is -0.226. The number of aryl methyl sites for hydroxylation is 1. The standard InChI is InChI=1S/C11H10BrN3O2S/c1-15-11(13-6-14-15)18-5-8-3-2-7(10(16)17)4-9(8)12/h2-4,6H,5H2,1H3,(H,16,17). The maximum Gasteiger partial charge on any atom is 0.335 e. The molecule has 0 saturated carbocycles. The summed E-state index contributed by atoms with van der Waals surface area (Å²) in [6, 6.07) is 5.01. The molecule has 0 amide bonds. The van der Waals surface area contributed by atoms with Gasteiger partial charge in [-0.2, -0.15) is 5.10 Å². The van der Waals surface area contributed by atoms with Crippen molar-refractivity contribution in [2.24, 2.45) is 7.05 Å². The molecule has 94 valence electrons. The van der Waals surface area contributed by atoms with Crippen LogP contribution < -0.4 is 0 Å². The molecular weight excluding hydrogens is 318 g/mol. The Morgan fingerprint density at radius 2 is 2.33 bits per heavy atom. The molecule has 0 saturated heterocycles. The second kappa shape index (κ2) is 5.53. The molecule has 0 atom stereocenters. The Labute approximate surface area is 116 Å². The number of aromatic carboxylic acids is 1. The van der Waals surface area contributed by atoms with Crippen LogP contribution in [0.3, 0.4) is 0 Å². The topological polar surface area (TPSA) is 68.0 Å². The molecule has 1 aromatic heterocycles. The average molecular weight is 328 g/mol. The van der Waals surface area contributed by atoms with Gasteiger partial charge in [-0.05, 0) is 17.7 Å². The molecule has 1 N–H and O–H groups in total. The molecule has 5 nitrogen and oxygen atoms in total. The van der Waals surface area contributed by atoms with E-state index in [9.17, 15) is 4.79 Å². The summed E-state index contributed by atoms with van der Waals surface area (Å²) in [6.07, 6.45) is 1.50. The Hall–Kier alpha value is -1.34. The molecule has 0 radical (unpaired) electrons. The molecular formula is C11H10BrN3O2S. The van der Waals surface area contributed by atoms with Crippen molar-refractivity contribution < 1.29 is 9.90 Å². The summed E-state index contributed by atoms with van der Waals surface area (Å²) in [6.45, 7) is 0. The molecule has 2 rings (SSSR count). The van der Waals surface area contributed by atoms with Crippen LogP contribution in [0.15, 0.2) is 34.2 Å². The largest absolute Gasteiger partial charge is 0.478 e. The van der Waals surface area contributed by atoms with Crippen molar-refractivity contribution in [1.29, 1.82) is 0 Å². The fraction of sp³-hybridized carbons (Fsp3) is 0.182. The van der Waals surface area contributed by atoms with Crippen molar-refractivity contribution in [3.63, 3.8) is 0 Å². The summed E-state index contributed by atoms with van der Waals surface area (Å²) in [5.41, 5.74) is 1.29. The zero-order chi connectivity index (χ0) is 13.1. The van der Waals surface area contributed by atoms with Gasteiger partial charge in [-0.1, -0.05) is 33.8 Å². The van der Waals surface area contributed by atoms with Gasteiger partial charge in [0.25, 0.3) is 0 Å². The predicted octanol–water partition coefficient (Wildman–Crippen LogP) is 2.57. The molecule has 0 aliphatic heterocycles. The van der Waals surface area contributed by atoms with Crippen molar-refractivity contribution in [3.8, 4) is 0 Å². The van der Waals surface area contributed by atoms with E-state index in [0.29, 0.717) is 5.75 Å². The minimum absolute atomic E-state index is 0.272. The second-order valence-corrected chi connectivity index (χ2v) is 5.36. The van der Waals surface area contributed by atoms with Crippen LogP contribution in [0.25, 0.3) is 0 Å². The summed E-state index contributed by atoms with van der Waals surface area (Å²) >= 11 is 4.93. The first-order chi connectivity index (χ1) is 8.58. The number of rotatable bonds is 4. The third-order valence-electron chi connectivity index (χ3n) is 2.33. The fourth-order valence-electron chi connectivity index (χ4n) is 1.36. The minimum atomic E-state index is -0.928. The number of hydrogen-bond donors (Lipinski definition) is 1. The van der Waals surface area contributed by atoms with Crippen LogP contribution in [0.1, 0.15) is 15.9 Å². The first-order valence-corrected chi connectivity index (χ1v) is 6.84. The van der Waals surface area contributed by atoms with Gasteiger partial charge in [-0.15, -0.1) is 0 Å². The lowest BCUT2D eigenvalue weighted by Gasteiger charge is -2.05. The third kappa shape index (κ3) is 2.91. The fourth-order valence-corrected chi connectivity index (χ4v) is 2.95. The highest BCUT2D eigenvalue weighted by Gasteiger charge is 2.08. The molecule has 0 aliphatic carbocycles. The minimum Gasteiger partial charge on any atom is -0.478 e. The molecule has 0 bridgehead atoms. The van der Waals surface area contributed by atoms with E-state index >= 15 is 0 Å². The summed E-state index contributed by atoms with van der Waals surface area (Å²) in [4.78, 5) is 14.9. The smallest absolute Gasteiger partial charge is 0.335 e. The first kappa shape index (κ1) is 13.1. The maximum atomic E-state index is 10.8. The van der Waals surface area contributed by atoms with E-state index in [2.05, 4.69) is 26.0 Å². The number of carbonyl (C=O) groups is 1. The van der Waals surface area contributed by atoms with Gasteiger partial charge >= 0.3 is 5.97 Å². The lowest BCUT2D eigenvalue weighted by molar-refractivity contribution is 0.0697. The molecule has 7 heteroatoms. The van der Waals surface area contributed by atoms with E-state index in [4.69, 9.17) is 5.11 Å². The normalized spacial score (nSPS) is 10.6. The average Bonchev–Trinajstić information content (AvgIpc) is 2.73. The van der Waals surface area contributed by atoms with Crippen LogP contribution in [-0.4, -0.2) is 25.8 Å². The predicted molar refractivity (Wildman–Crippen MR) is 71.7 cm³/mol. The van der Waals surface area contributed by atoms with E-state index in [0.717, 1.165) is 15.2 Å². The summed E-state index contributed by atoms with van der Waals surface area (Å²) < 4.78 is 2.49. The molecule has 0 unspecified atom stereocenters. The number of thioether (sulfide) groups is 1. The van der Waals surface area contributed by atoms with Crippen LogP contribution in [0.5, 0.6) is 0 Å². The maximum absolute atomic E-state index is 10.8. The number of carboxylic acid groups (broad SMARTS) is 1. The van der Waals surface area contributed by atoms with Crippen LogP contribution >= 0.6 is 27.7 Å². The van der Waals surface area contributed by atoms with Crippen LogP contribution in [-0.2, 0) is 12.8 Å². The zero-order valence-electron chi connectivity index (χ0n) is 9.50. The Morgan fingerprint density at radius 3 is 2.89 bits per heavy atom. The van der Waals surface area contributed by atoms with Gasteiger partial charge in [0.15, 0.2) is 5.16 Å². The van der Waals surface area contributed by atoms with Crippen molar-refractivity contribution in [2.75, 3.05) is 0 Å². The van der Waals surface area contributed by atoms with E-state index in [1.807, 2.05) is 7.05 Å². The number of hydrogen-bond acceptors (Lipinski definition) is 4. The monoisotopic (exact) mass is 327 g/mol. The SMILES string of the molecule is Cn1ncnc1SCc1ccc(C(=O)O)cc1Br.